The predicted octanol–water partition coefficient (Wildman–Crippen LogP) is 4.26. The minimum absolute atomic E-state index is 0.0327. The van der Waals surface area contributed by atoms with Crippen LogP contribution in [-0.2, 0) is 8.85 Å². The summed E-state index contributed by atoms with van der Waals surface area (Å²) in [4.78, 5) is 0. The van der Waals surface area contributed by atoms with E-state index in [1.807, 2.05) is 0 Å². The topological polar surface area (TPSA) is 54.3 Å². The maximum atomic E-state index is 9.49. The minimum Gasteiger partial charge on any atom is -0.410 e. The number of nitrogens with one attached hydrogen (secondary N) is 1. The van der Waals surface area contributed by atoms with E-state index in [1.165, 1.54) is 0 Å². The highest BCUT2D eigenvalue weighted by atomic mass is 28.4. The quantitative estimate of drug-likeness (QED) is 0.765. The standard InChI is InChI=1S/C17H36N2O2Si2/c1-16(2,3)22(7,8)20-14-12-19-13(11-18)15(14)21-23(9,10)17(4,5)6/h13-15,19H,12H2,1-10H3/t13-,14+,15+/m1/s1. The molecular weight excluding hydrogens is 320 g/mol. The third-order valence-corrected chi connectivity index (χ3v) is 14.8. The third kappa shape index (κ3) is 4.67. The highest BCUT2D eigenvalue weighted by Gasteiger charge is 2.49. The van der Waals surface area contributed by atoms with Crippen molar-refractivity contribution in [3.8, 4) is 6.07 Å². The second-order valence-electron chi connectivity index (χ2n) is 9.77. The Morgan fingerprint density at radius 2 is 1.35 bits per heavy atom. The van der Waals surface area contributed by atoms with Crippen molar-refractivity contribution in [1.82, 2.24) is 5.32 Å². The molecule has 0 aromatic rings. The maximum Gasteiger partial charge on any atom is 0.192 e. The van der Waals surface area contributed by atoms with Crippen molar-refractivity contribution in [1.29, 1.82) is 5.26 Å². The van der Waals surface area contributed by atoms with Crippen LogP contribution in [0.15, 0.2) is 0 Å². The summed E-state index contributed by atoms with van der Waals surface area (Å²) in [5.74, 6) is 0. The van der Waals surface area contributed by atoms with Crippen molar-refractivity contribution >= 4 is 16.6 Å². The lowest BCUT2D eigenvalue weighted by molar-refractivity contribution is 0.0630. The van der Waals surface area contributed by atoms with Crippen LogP contribution in [0.25, 0.3) is 0 Å². The molecule has 0 saturated carbocycles. The Hall–Kier alpha value is -0.196. The van der Waals surface area contributed by atoms with Gasteiger partial charge in [0.2, 0.25) is 0 Å². The Labute approximate surface area is 145 Å². The lowest BCUT2D eigenvalue weighted by Gasteiger charge is -2.43. The van der Waals surface area contributed by atoms with E-state index in [9.17, 15) is 5.26 Å². The number of nitriles is 1. The van der Waals surface area contributed by atoms with Crippen LogP contribution in [0, 0.1) is 11.3 Å². The van der Waals surface area contributed by atoms with Gasteiger partial charge in [0, 0.05) is 6.54 Å². The molecule has 3 atom stereocenters. The molecule has 0 unspecified atom stereocenters. The number of rotatable bonds is 4. The summed E-state index contributed by atoms with van der Waals surface area (Å²) < 4.78 is 13.2. The summed E-state index contributed by atoms with van der Waals surface area (Å²) >= 11 is 0. The Morgan fingerprint density at radius 1 is 0.913 bits per heavy atom. The van der Waals surface area contributed by atoms with Crippen molar-refractivity contribution in [2.45, 2.75) is 96.1 Å². The minimum atomic E-state index is -1.95. The van der Waals surface area contributed by atoms with Crippen molar-refractivity contribution in [3.63, 3.8) is 0 Å². The van der Waals surface area contributed by atoms with E-state index in [-0.39, 0.29) is 28.3 Å². The molecule has 0 aromatic heterocycles. The summed E-state index contributed by atoms with van der Waals surface area (Å²) in [6, 6.07) is 2.09. The molecule has 4 nitrogen and oxygen atoms in total. The first-order chi connectivity index (χ1) is 10.1. The molecular formula is C17H36N2O2Si2. The van der Waals surface area contributed by atoms with Gasteiger partial charge in [0.15, 0.2) is 16.6 Å². The van der Waals surface area contributed by atoms with Crippen molar-refractivity contribution in [3.05, 3.63) is 0 Å². The Bertz CT molecular complexity index is 459. The molecule has 6 heteroatoms. The average Bonchev–Trinajstić information content (AvgIpc) is 2.67. The molecule has 1 aliphatic rings. The second kappa shape index (κ2) is 6.60. The van der Waals surface area contributed by atoms with Gasteiger partial charge in [0.1, 0.15) is 6.04 Å². The van der Waals surface area contributed by atoms with Crippen molar-refractivity contribution in [2.24, 2.45) is 0 Å². The fraction of sp³-hybridized carbons (Fsp3) is 0.941. The SMILES string of the molecule is CC(C)(C)[Si](C)(C)O[C@@H]1[C@@H](O[Si](C)(C)C(C)(C)C)CN[C@@H]1C#N. The lowest BCUT2D eigenvalue weighted by Crippen LogP contribution is -2.52. The summed E-state index contributed by atoms with van der Waals surface area (Å²) in [5.41, 5.74) is 0. The van der Waals surface area contributed by atoms with Crippen molar-refractivity contribution < 1.29 is 8.85 Å². The molecule has 0 bridgehead atoms. The summed E-state index contributed by atoms with van der Waals surface area (Å²) in [5, 5.41) is 13.1. The van der Waals surface area contributed by atoms with Crippen LogP contribution in [0.2, 0.25) is 36.3 Å². The van der Waals surface area contributed by atoms with Gasteiger partial charge in [0.25, 0.3) is 0 Å². The summed E-state index contributed by atoms with van der Waals surface area (Å²) in [7, 11) is -3.84. The second-order valence-corrected chi connectivity index (χ2v) is 19.3. The molecule has 1 heterocycles. The van der Waals surface area contributed by atoms with E-state index in [1.54, 1.807) is 0 Å². The number of nitrogens with zero attached hydrogens (tertiary/aromatic N) is 1. The van der Waals surface area contributed by atoms with Crippen LogP contribution in [0.1, 0.15) is 41.5 Å². The first-order valence-corrected chi connectivity index (χ1v) is 14.4. The van der Waals surface area contributed by atoms with Crippen LogP contribution in [-0.4, -0.2) is 41.4 Å². The van der Waals surface area contributed by atoms with Gasteiger partial charge in [-0.25, -0.2) is 0 Å². The maximum absolute atomic E-state index is 9.49. The highest BCUT2D eigenvalue weighted by molar-refractivity contribution is 6.74. The summed E-state index contributed by atoms with van der Waals surface area (Å²) in [6.07, 6.45) is -0.204. The first kappa shape index (κ1) is 20.8. The van der Waals surface area contributed by atoms with Gasteiger partial charge >= 0.3 is 0 Å². The largest absolute Gasteiger partial charge is 0.410 e. The van der Waals surface area contributed by atoms with E-state index in [4.69, 9.17) is 8.85 Å². The van der Waals surface area contributed by atoms with Crippen LogP contribution >= 0.6 is 0 Å². The third-order valence-electron chi connectivity index (χ3n) is 5.86. The zero-order valence-corrected chi connectivity index (χ0v) is 18.7. The van der Waals surface area contributed by atoms with E-state index in [2.05, 4.69) is 79.1 Å². The van der Waals surface area contributed by atoms with Gasteiger partial charge in [-0.3, -0.25) is 5.32 Å². The fourth-order valence-electron chi connectivity index (χ4n) is 2.13. The Balaban J connectivity index is 2.99. The molecule has 1 rings (SSSR count). The zero-order chi connectivity index (χ0) is 18.3. The van der Waals surface area contributed by atoms with Crippen LogP contribution in [0.4, 0.5) is 0 Å². The van der Waals surface area contributed by atoms with E-state index in [0.717, 1.165) is 0 Å². The van der Waals surface area contributed by atoms with Gasteiger partial charge in [-0.05, 0) is 36.3 Å². The smallest absolute Gasteiger partial charge is 0.192 e. The summed E-state index contributed by atoms with van der Waals surface area (Å²) in [6.45, 7) is 23.1. The molecule has 1 aliphatic heterocycles. The molecule has 1 N–H and O–H groups in total. The fourth-order valence-corrected chi connectivity index (χ4v) is 4.78. The van der Waals surface area contributed by atoms with Crippen LogP contribution in [0.5, 0.6) is 0 Å². The normalized spacial score (nSPS) is 27.1. The van der Waals surface area contributed by atoms with Gasteiger partial charge in [0.05, 0.1) is 18.3 Å². The molecule has 1 fully saturated rings. The van der Waals surface area contributed by atoms with E-state index in [0.29, 0.717) is 6.54 Å². The Kier molecular flexibility index (Phi) is 5.99. The molecule has 0 spiro atoms. The molecule has 134 valence electrons. The number of hydrogen-bond acceptors (Lipinski definition) is 4. The molecule has 0 aromatic carbocycles. The van der Waals surface area contributed by atoms with Crippen LogP contribution in [0.3, 0.4) is 0 Å². The zero-order valence-electron chi connectivity index (χ0n) is 16.7. The molecule has 23 heavy (non-hydrogen) atoms. The number of hydrogen-bond donors (Lipinski definition) is 1. The molecule has 0 aliphatic carbocycles. The molecule has 0 amide bonds. The molecule has 0 radical (unpaired) electrons. The lowest BCUT2D eigenvalue weighted by atomic mass is 10.2. The van der Waals surface area contributed by atoms with Crippen molar-refractivity contribution in [2.75, 3.05) is 6.54 Å². The van der Waals surface area contributed by atoms with Gasteiger partial charge in [-0.1, -0.05) is 41.5 Å². The monoisotopic (exact) mass is 356 g/mol. The van der Waals surface area contributed by atoms with Gasteiger partial charge in [-0.2, -0.15) is 5.26 Å². The van der Waals surface area contributed by atoms with Gasteiger partial charge < -0.3 is 8.85 Å². The molecule has 1 saturated heterocycles. The predicted molar refractivity (Wildman–Crippen MR) is 102 cm³/mol. The first-order valence-electron chi connectivity index (χ1n) is 8.61. The van der Waals surface area contributed by atoms with E-state index >= 15 is 0 Å². The average molecular weight is 357 g/mol. The van der Waals surface area contributed by atoms with Crippen LogP contribution < -0.4 is 5.32 Å². The Morgan fingerprint density at radius 3 is 1.74 bits per heavy atom. The van der Waals surface area contributed by atoms with Gasteiger partial charge in [-0.15, -0.1) is 0 Å². The van der Waals surface area contributed by atoms with E-state index < -0.39 is 16.6 Å². The highest BCUT2D eigenvalue weighted by Crippen LogP contribution is 2.41.